The van der Waals surface area contributed by atoms with E-state index in [1.807, 2.05) is 0 Å². The van der Waals surface area contributed by atoms with E-state index in [0.29, 0.717) is 6.54 Å². The van der Waals surface area contributed by atoms with Crippen molar-refractivity contribution in [2.24, 2.45) is 5.73 Å². The van der Waals surface area contributed by atoms with Crippen LogP contribution in [0.5, 0.6) is 0 Å². The molecule has 2 N–H and O–H groups in total. The Hall–Kier alpha value is -0.770. The predicted molar refractivity (Wildman–Crippen MR) is 82.1 cm³/mol. The third kappa shape index (κ3) is 3.16. The Morgan fingerprint density at radius 1 is 1.06 bits per heavy atom. The molecular weight excluding hydrogens is 306 g/mol. The van der Waals surface area contributed by atoms with E-state index in [9.17, 15) is 0 Å². The molecule has 2 aromatic carbocycles. The number of nitrogens with two attached hydrogens (primary N) is 1. The molecule has 0 bridgehead atoms. The maximum Gasteiger partial charge on any atom is 0.0318 e. The third-order valence-electron chi connectivity index (χ3n) is 2.94. The van der Waals surface area contributed by atoms with Gasteiger partial charge in [0.15, 0.2) is 0 Å². The Morgan fingerprint density at radius 3 is 2.44 bits per heavy atom. The maximum absolute atomic E-state index is 5.63. The zero-order valence-corrected chi connectivity index (χ0v) is 12.9. The molecule has 2 aromatic rings. The molecular formula is C15H16BrNS. The summed E-state index contributed by atoms with van der Waals surface area (Å²) < 4.78 is 1.11. The molecule has 94 valence electrons. The minimum Gasteiger partial charge on any atom is -0.326 e. The zero-order valence-electron chi connectivity index (χ0n) is 10.5. The lowest BCUT2D eigenvalue weighted by molar-refractivity contribution is 1.06. The van der Waals surface area contributed by atoms with Gasteiger partial charge in [0, 0.05) is 20.8 Å². The maximum atomic E-state index is 5.63. The number of hydrogen-bond acceptors (Lipinski definition) is 2. The SMILES string of the molecule is Cc1ccc(Sc2ccc(CN)cc2Br)cc1C. The standard InChI is InChI=1S/C15H16BrNS/c1-10-3-5-13(7-11(10)2)18-15-6-4-12(9-17)8-14(15)16/h3-8H,9,17H2,1-2H3. The second-order valence-electron chi connectivity index (χ2n) is 4.32. The Bertz CT molecular complexity index is 566. The molecule has 2 rings (SSSR count). The average molecular weight is 322 g/mol. The van der Waals surface area contributed by atoms with Crippen molar-refractivity contribution in [2.75, 3.05) is 0 Å². The number of aryl methyl sites for hydroxylation is 2. The predicted octanol–water partition coefficient (Wildman–Crippen LogP) is 4.68. The van der Waals surface area contributed by atoms with Gasteiger partial charge in [-0.2, -0.15) is 0 Å². The van der Waals surface area contributed by atoms with Crippen LogP contribution in [-0.2, 0) is 6.54 Å². The van der Waals surface area contributed by atoms with E-state index in [0.717, 1.165) is 10.0 Å². The molecule has 0 unspecified atom stereocenters. The molecule has 0 aliphatic carbocycles. The van der Waals surface area contributed by atoms with Crippen LogP contribution in [-0.4, -0.2) is 0 Å². The van der Waals surface area contributed by atoms with E-state index in [1.54, 1.807) is 11.8 Å². The summed E-state index contributed by atoms with van der Waals surface area (Å²) >= 11 is 5.37. The van der Waals surface area contributed by atoms with Gasteiger partial charge in [-0.1, -0.05) is 23.9 Å². The molecule has 0 fully saturated rings. The van der Waals surface area contributed by atoms with E-state index >= 15 is 0 Å². The van der Waals surface area contributed by atoms with Crippen molar-refractivity contribution in [3.05, 3.63) is 57.6 Å². The van der Waals surface area contributed by atoms with Crippen LogP contribution in [0.1, 0.15) is 16.7 Å². The van der Waals surface area contributed by atoms with Gasteiger partial charge < -0.3 is 5.73 Å². The fourth-order valence-corrected chi connectivity index (χ4v) is 3.25. The Kier molecular flexibility index (Phi) is 4.49. The van der Waals surface area contributed by atoms with Gasteiger partial charge in [-0.15, -0.1) is 0 Å². The molecule has 0 aromatic heterocycles. The molecule has 1 nitrogen and oxygen atoms in total. The lowest BCUT2D eigenvalue weighted by Gasteiger charge is -2.08. The summed E-state index contributed by atoms with van der Waals surface area (Å²) in [7, 11) is 0. The first-order valence-electron chi connectivity index (χ1n) is 5.84. The van der Waals surface area contributed by atoms with Crippen molar-refractivity contribution in [1.29, 1.82) is 0 Å². The second kappa shape index (κ2) is 5.91. The summed E-state index contributed by atoms with van der Waals surface area (Å²) in [6.07, 6.45) is 0. The quantitative estimate of drug-likeness (QED) is 0.888. The molecule has 0 aliphatic rings. The van der Waals surface area contributed by atoms with Crippen LogP contribution >= 0.6 is 27.7 Å². The topological polar surface area (TPSA) is 26.0 Å². The Balaban J connectivity index is 2.25. The largest absolute Gasteiger partial charge is 0.326 e. The van der Waals surface area contributed by atoms with Gasteiger partial charge in [-0.3, -0.25) is 0 Å². The summed E-state index contributed by atoms with van der Waals surface area (Å²) in [6, 6.07) is 12.8. The van der Waals surface area contributed by atoms with E-state index in [-0.39, 0.29) is 0 Å². The Labute approximate surface area is 121 Å². The average Bonchev–Trinajstić information content (AvgIpc) is 2.36. The number of halogens is 1. The highest BCUT2D eigenvalue weighted by atomic mass is 79.9. The van der Waals surface area contributed by atoms with E-state index in [1.165, 1.54) is 20.9 Å². The van der Waals surface area contributed by atoms with E-state index in [2.05, 4.69) is 66.2 Å². The summed E-state index contributed by atoms with van der Waals surface area (Å²) in [4.78, 5) is 2.48. The smallest absolute Gasteiger partial charge is 0.0318 e. The molecule has 3 heteroatoms. The highest BCUT2D eigenvalue weighted by molar-refractivity contribution is 9.10. The molecule has 18 heavy (non-hydrogen) atoms. The first kappa shape index (κ1) is 13.7. The minimum absolute atomic E-state index is 0.577. The molecule has 0 radical (unpaired) electrons. The summed E-state index contributed by atoms with van der Waals surface area (Å²) in [5.41, 5.74) is 9.43. The molecule has 0 saturated heterocycles. The van der Waals surface area contributed by atoms with Gasteiger partial charge in [-0.25, -0.2) is 0 Å². The fraction of sp³-hybridized carbons (Fsp3) is 0.200. The van der Waals surface area contributed by atoms with Crippen LogP contribution in [0.25, 0.3) is 0 Å². The van der Waals surface area contributed by atoms with Crippen LogP contribution in [0.4, 0.5) is 0 Å². The Morgan fingerprint density at radius 2 is 1.83 bits per heavy atom. The first-order chi connectivity index (χ1) is 8.60. The highest BCUT2D eigenvalue weighted by Gasteiger charge is 2.04. The summed E-state index contributed by atoms with van der Waals surface area (Å²) in [6.45, 7) is 4.86. The van der Waals surface area contributed by atoms with Gasteiger partial charge in [0.2, 0.25) is 0 Å². The van der Waals surface area contributed by atoms with Gasteiger partial charge in [0.1, 0.15) is 0 Å². The van der Waals surface area contributed by atoms with Crippen molar-refractivity contribution in [2.45, 2.75) is 30.2 Å². The lowest BCUT2D eigenvalue weighted by Crippen LogP contribution is -1.95. The van der Waals surface area contributed by atoms with Crippen molar-refractivity contribution in [1.82, 2.24) is 0 Å². The van der Waals surface area contributed by atoms with Crippen LogP contribution < -0.4 is 5.73 Å². The van der Waals surface area contributed by atoms with Crippen molar-refractivity contribution in [3.63, 3.8) is 0 Å². The van der Waals surface area contributed by atoms with Crippen molar-refractivity contribution in [3.8, 4) is 0 Å². The van der Waals surface area contributed by atoms with Gasteiger partial charge in [0.25, 0.3) is 0 Å². The van der Waals surface area contributed by atoms with Crippen LogP contribution in [0, 0.1) is 13.8 Å². The van der Waals surface area contributed by atoms with Gasteiger partial charge >= 0.3 is 0 Å². The van der Waals surface area contributed by atoms with Crippen molar-refractivity contribution >= 4 is 27.7 Å². The number of rotatable bonds is 3. The lowest BCUT2D eigenvalue weighted by atomic mass is 10.1. The minimum atomic E-state index is 0.577. The molecule has 0 saturated carbocycles. The monoisotopic (exact) mass is 321 g/mol. The second-order valence-corrected chi connectivity index (χ2v) is 6.29. The molecule has 0 heterocycles. The van der Waals surface area contributed by atoms with Gasteiger partial charge in [-0.05, 0) is 70.7 Å². The fourth-order valence-electron chi connectivity index (χ4n) is 1.66. The number of benzene rings is 2. The van der Waals surface area contributed by atoms with Crippen LogP contribution in [0.2, 0.25) is 0 Å². The molecule has 0 amide bonds. The molecule has 0 spiro atoms. The molecule has 0 aliphatic heterocycles. The molecule has 0 atom stereocenters. The van der Waals surface area contributed by atoms with Crippen LogP contribution in [0.15, 0.2) is 50.7 Å². The summed E-state index contributed by atoms with van der Waals surface area (Å²) in [5, 5.41) is 0. The first-order valence-corrected chi connectivity index (χ1v) is 7.44. The highest BCUT2D eigenvalue weighted by Crippen LogP contribution is 2.34. The normalized spacial score (nSPS) is 10.7. The van der Waals surface area contributed by atoms with Crippen LogP contribution in [0.3, 0.4) is 0 Å². The van der Waals surface area contributed by atoms with E-state index in [4.69, 9.17) is 5.73 Å². The van der Waals surface area contributed by atoms with Gasteiger partial charge in [0.05, 0.1) is 0 Å². The zero-order chi connectivity index (χ0) is 13.1. The van der Waals surface area contributed by atoms with Crippen molar-refractivity contribution < 1.29 is 0 Å². The summed E-state index contributed by atoms with van der Waals surface area (Å²) in [5.74, 6) is 0. The third-order valence-corrected chi connectivity index (χ3v) is 4.92. The number of hydrogen-bond donors (Lipinski definition) is 1. The van der Waals surface area contributed by atoms with E-state index < -0.39 is 0 Å².